The van der Waals surface area contributed by atoms with Crippen molar-refractivity contribution in [3.8, 4) is 0 Å². The molecule has 2 rings (SSSR count). The van der Waals surface area contributed by atoms with Crippen molar-refractivity contribution in [2.45, 2.75) is 6.92 Å². The van der Waals surface area contributed by atoms with E-state index in [-0.39, 0.29) is 5.91 Å². The second-order valence-electron chi connectivity index (χ2n) is 3.35. The van der Waals surface area contributed by atoms with E-state index in [4.69, 9.17) is 0 Å². The van der Waals surface area contributed by atoms with E-state index in [9.17, 15) is 4.79 Å². The number of hydrogen-bond donors (Lipinski definition) is 1. The number of anilines is 1. The summed E-state index contributed by atoms with van der Waals surface area (Å²) in [6.45, 7) is 1.85. The van der Waals surface area contributed by atoms with Gasteiger partial charge in [0.15, 0.2) is 0 Å². The number of rotatable bonds is 2. The first-order valence-corrected chi connectivity index (χ1v) is 5.67. The SMILES string of the molecule is Cc1nc(NC(=O)c2ccnnc2)ccc1Br. The first-order valence-electron chi connectivity index (χ1n) is 4.88. The number of pyridine rings is 1. The van der Waals surface area contributed by atoms with E-state index in [1.54, 1.807) is 12.1 Å². The lowest BCUT2D eigenvalue weighted by molar-refractivity contribution is 0.102. The molecule has 6 heteroatoms. The van der Waals surface area contributed by atoms with Crippen LogP contribution in [0.4, 0.5) is 5.82 Å². The first kappa shape index (κ1) is 11.7. The van der Waals surface area contributed by atoms with Crippen LogP contribution in [0.25, 0.3) is 0 Å². The highest BCUT2D eigenvalue weighted by Crippen LogP contribution is 2.16. The van der Waals surface area contributed by atoms with Crippen molar-refractivity contribution in [3.63, 3.8) is 0 Å². The smallest absolute Gasteiger partial charge is 0.258 e. The van der Waals surface area contributed by atoms with Crippen molar-refractivity contribution in [2.24, 2.45) is 0 Å². The van der Waals surface area contributed by atoms with Crippen LogP contribution in [0.1, 0.15) is 16.1 Å². The van der Waals surface area contributed by atoms with Gasteiger partial charge in [0.1, 0.15) is 5.82 Å². The Morgan fingerprint density at radius 3 is 2.76 bits per heavy atom. The van der Waals surface area contributed by atoms with Gasteiger partial charge in [-0.15, -0.1) is 0 Å². The van der Waals surface area contributed by atoms with Crippen LogP contribution in [0, 0.1) is 6.92 Å². The quantitative estimate of drug-likeness (QED) is 0.921. The van der Waals surface area contributed by atoms with Gasteiger partial charge in [-0.05, 0) is 41.1 Å². The summed E-state index contributed by atoms with van der Waals surface area (Å²) in [6.07, 6.45) is 2.87. The number of aromatic nitrogens is 3. The highest BCUT2D eigenvalue weighted by molar-refractivity contribution is 9.10. The fourth-order valence-electron chi connectivity index (χ4n) is 1.23. The van der Waals surface area contributed by atoms with Gasteiger partial charge >= 0.3 is 0 Å². The van der Waals surface area contributed by atoms with Crippen molar-refractivity contribution in [1.82, 2.24) is 15.2 Å². The third-order valence-corrected chi connectivity index (χ3v) is 2.95. The van der Waals surface area contributed by atoms with Crippen LogP contribution in [-0.4, -0.2) is 21.1 Å². The molecule has 86 valence electrons. The van der Waals surface area contributed by atoms with E-state index in [1.807, 2.05) is 13.0 Å². The maximum Gasteiger partial charge on any atom is 0.258 e. The average molecular weight is 293 g/mol. The molecule has 0 radical (unpaired) electrons. The minimum atomic E-state index is -0.255. The largest absolute Gasteiger partial charge is 0.307 e. The molecule has 0 saturated carbocycles. The molecule has 17 heavy (non-hydrogen) atoms. The highest BCUT2D eigenvalue weighted by atomic mass is 79.9. The van der Waals surface area contributed by atoms with Crippen LogP contribution >= 0.6 is 15.9 Å². The summed E-state index contributed by atoms with van der Waals surface area (Å²) in [4.78, 5) is 16.0. The lowest BCUT2D eigenvalue weighted by Crippen LogP contribution is -2.13. The van der Waals surface area contributed by atoms with Gasteiger partial charge in [0.05, 0.1) is 23.7 Å². The molecule has 0 spiro atoms. The topological polar surface area (TPSA) is 67.8 Å². The predicted molar refractivity (Wildman–Crippen MR) is 66.7 cm³/mol. The van der Waals surface area contributed by atoms with E-state index >= 15 is 0 Å². The van der Waals surface area contributed by atoms with Crippen LogP contribution < -0.4 is 5.32 Å². The van der Waals surface area contributed by atoms with Gasteiger partial charge in [-0.2, -0.15) is 10.2 Å². The summed E-state index contributed by atoms with van der Waals surface area (Å²) in [5, 5.41) is 9.94. The van der Waals surface area contributed by atoms with E-state index < -0.39 is 0 Å². The molecule has 0 fully saturated rings. The zero-order chi connectivity index (χ0) is 12.3. The van der Waals surface area contributed by atoms with E-state index in [0.717, 1.165) is 10.2 Å². The molecule has 0 bridgehead atoms. The summed E-state index contributed by atoms with van der Waals surface area (Å²) in [6, 6.07) is 5.15. The van der Waals surface area contributed by atoms with Crippen LogP contribution in [0.2, 0.25) is 0 Å². The molecule has 1 amide bonds. The number of nitrogens with zero attached hydrogens (tertiary/aromatic N) is 3. The Morgan fingerprint density at radius 2 is 2.12 bits per heavy atom. The maximum absolute atomic E-state index is 11.8. The predicted octanol–water partition coefficient (Wildman–Crippen LogP) is 2.19. The molecule has 0 aliphatic heterocycles. The fourth-order valence-corrected chi connectivity index (χ4v) is 1.45. The average Bonchev–Trinajstić information content (AvgIpc) is 2.35. The normalized spacial score (nSPS) is 10.0. The zero-order valence-corrected chi connectivity index (χ0v) is 10.6. The first-order chi connectivity index (χ1) is 8.16. The van der Waals surface area contributed by atoms with Crippen LogP contribution in [0.5, 0.6) is 0 Å². The molecule has 5 nitrogen and oxygen atoms in total. The van der Waals surface area contributed by atoms with Crippen molar-refractivity contribution in [2.75, 3.05) is 5.32 Å². The Bertz CT molecular complexity index is 544. The maximum atomic E-state index is 11.8. The number of amides is 1. The van der Waals surface area contributed by atoms with Gasteiger partial charge in [-0.1, -0.05) is 0 Å². The van der Waals surface area contributed by atoms with Crippen molar-refractivity contribution >= 4 is 27.7 Å². The Balaban J connectivity index is 2.16. The summed E-state index contributed by atoms with van der Waals surface area (Å²) in [5.41, 5.74) is 1.26. The van der Waals surface area contributed by atoms with E-state index in [0.29, 0.717) is 11.4 Å². The number of halogens is 1. The molecule has 0 atom stereocenters. The third kappa shape index (κ3) is 2.85. The number of aryl methyl sites for hydroxylation is 1. The molecule has 2 aromatic rings. The number of carbonyl (C=O) groups excluding carboxylic acids is 1. The molecule has 0 saturated heterocycles. The number of hydrogen-bond acceptors (Lipinski definition) is 4. The van der Waals surface area contributed by atoms with Crippen LogP contribution in [0.15, 0.2) is 35.1 Å². The molecular weight excluding hydrogens is 284 g/mol. The molecule has 0 aliphatic carbocycles. The molecule has 0 unspecified atom stereocenters. The zero-order valence-electron chi connectivity index (χ0n) is 9.01. The summed E-state index contributed by atoms with van der Waals surface area (Å²) in [5.74, 6) is 0.252. The fraction of sp³-hybridized carbons (Fsp3) is 0.0909. The molecule has 1 N–H and O–H groups in total. The minimum absolute atomic E-state index is 0.255. The second-order valence-corrected chi connectivity index (χ2v) is 4.20. The van der Waals surface area contributed by atoms with Gasteiger partial charge in [0.2, 0.25) is 0 Å². The summed E-state index contributed by atoms with van der Waals surface area (Å²) in [7, 11) is 0. The number of carbonyl (C=O) groups is 1. The van der Waals surface area contributed by atoms with Gasteiger partial charge < -0.3 is 5.32 Å². The van der Waals surface area contributed by atoms with Crippen molar-refractivity contribution < 1.29 is 4.79 Å². The third-order valence-electron chi connectivity index (χ3n) is 2.11. The highest BCUT2D eigenvalue weighted by Gasteiger charge is 2.07. The Hall–Kier alpha value is -1.82. The number of nitrogens with one attached hydrogen (secondary N) is 1. The van der Waals surface area contributed by atoms with Crippen molar-refractivity contribution in [1.29, 1.82) is 0 Å². The van der Waals surface area contributed by atoms with E-state index in [1.165, 1.54) is 12.4 Å². The summed E-state index contributed by atoms with van der Waals surface area (Å²) >= 11 is 3.35. The standard InChI is InChI=1S/C11H9BrN4O/c1-7-9(12)2-3-10(15-7)16-11(17)8-4-5-13-14-6-8/h2-6H,1H3,(H,15,16,17). The van der Waals surface area contributed by atoms with Gasteiger partial charge in [0.25, 0.3) is 5.91 Å². The summed E-state index contributed by atoms with van der Waals surface area (Å²) < 4.78 is 0.904. The van der Waals surface area contributed by atoms with E-state index in [2.05, 4.69) is 36.4 Å². The molecule has 0 aromatic carbocycles. The monoisotopic (exact) mass is 292 g/mol. The van der Waals surface area contributed by atoms with Crippen LogP contribution in [-0.2, 0) is 0 Å². The Kier molecular flexibility index (Phi) is 3.43. The minimum Gasteiger partial charge on any atom is -0.307 e. The second kappa shape index (κ2) is 5.01. The Morgan fingerprint density at radius 1 is 1.29 bits per heavy atom. The molecule has 2 heterocycles. The van der Waals surface area contributed by atoms with Gasteiger partial charge in [-0.3, -0.25) is 4.79 Å². The van der Waals surface area contributed by atoms with Crippen LogP contribution in [0.3, 0.4) is 0 Å². The Labute approximate surface area is 106 Å². The molecule has 0 aliphatic rings. The van der Waals surface area contributed by atoms with Gasteiger partial charge in [0, 0.05) is 4.47 Å². The van der Waals surface area contributed by atoms with Crippen molar-refractivity contribution in [3.05, 3.63) is 46.3 Å². The molecule has 2 aromatic heterocycles. The lowest BCUT2D eigenvalue weighted by Gasteiger charge is -2.05. The molecular formula is C11H9BrN4O. The van der Waals surface area contributed by atoms with Gasteiger partial charge in [-0.25, -0.2) is 4.98 Å². The lowest BCUT2D eigenvalue weighted by atomic mass is 10.3.